The second-order valence-corrected chi connectivity index (χ2v) is 5.89. The van der Waals surface area contributed by atoms with Gasteiger partial charge >= 0.3 is 0 Å². The lowest BCUT2D eigenvalue weighted by Gasteiger charge is -2.24. The Bertz CT molecular complexity index is 684. The number of aromatic nitrogens is 2. The van der Waals surface area contributed by atoms with Crippen molar-refractivity contribution >= 4 is 17.5 Å². The molecule has 0 radical (unpaired) electrons. The van der Waals surface area contributed by atoms with Crippen molar-refractivity contribution in [2.24, 2.45) is 13.0 Å². The molecule has 2 heterocycles. The highest BCUT2D eigenvalue weighted by molar-refractivity contribution is 6.30. The Hall–Kier alpha value is -2.01. The summed E-state index contributed by atoms with van der Waals surface area (Å²) in [7, 11) is 1.90. The van der Waals surface area contributed by atoms with Gasteiger partial charge in [-0.25, -0.2) is 0 Å². The second kappa shape index (κ2) is 6.40. The van der Waals surface area contributed by atoms with E-state index in [1.54, 1.807) is 12.3 Å². The molecule has 1 aliphatic heterocycles. The molecule has 0 spiro atoms. The Morgan fingerprint density at radius 1 is 1.50 bits per heavy atom. The molecule has 0 unspecified atom stereocenters. The van der Waals surface area contributed by atoms with E-state index in [1.165, 1.54) is 0 Å². The molecule has 116 valence electrons. The van der Waals surface area contributed by atoms with Gasteiger partial charge in [-0.3, -0.25) is 9.48 Å². The van der Waals surface area contributed by atoms with Crippen molar-refractivity contribution in [3.8, 4) is 5.75 Å². The number of nitrogens with zero attached hydrogens (tertiary/aromatic N) is 2. The van der Waals surface area contributed by atoms with Gasteiger partial charge in [0.15, 0.2) is 0 Å². The quantitative estimate of drug-likeness (QED) is 0.937. The third kappa shape index (κ3) is 3.25. The number of hydrogen-bond donors (Lipinski definition) is 1. The SMILES string of the molecule is Cn1nccc1CCNC(=O)[C@@H]1COc2ccc(Cl)cc2C1. The first kappa shape index (κ1) is 14.9. The number of fused-ring (bicyclic) bond motifs is 1. The van der Waals surface area contributed by atoms with Crippen LogP contribution in [0.1, 0.15) is 11.3 Å². The number of nitrogens with one attached hydrogen (secondary N) is 1. The van der Waals surface area contributed by atoms with Gasteiger partial charge in [-0.15, -0.1) is 0 Å². The number of amides is 1. The van der Waals surface area contributed by atoms with E-state index in [-0.39, 0.29) is 11.8 Å². The first-order valence-electron chi connectivity index (χ1n) is 7.29. The van der Waals surface area contributed by atoms with E-state index in [2.05, 4.69) is 10.4 Å². The van der Waals surface area contributed by atoms with Crippen LogP contribution in [0.15, 0.2) is 30.5 Å². The van der Waals surface area contributed by atoms with Gasteiger partial charge in [-0.2, -0.15) is 5.10 Å². The summed E-state index contributed by atoms with van der Waals surface area (Å²) in [5, 5.41) is 7.75. The number of halogens is 1. The molecule has 6 heteroatoms. The lowest BCUT2D eigenvalue weighted by atomic mass is 9.96. The maximum absolute atomic E-state index is 12.3. The molecule has 2 aromatic rings. The molecule has 1 aromatic carbocycles. The first-order valence-corrected chi connectivity index (χ1v) is 7.67. The van der Waals surface area contributed by atoms with Crippen LogP contribution >= 0.6 is 11.6 Å². The average Bonchev–Trinajstić information content (AvgIpc) is 2.91. The van der Waals surface area contributed by atoms with Gasteiger partial charge < -0.3 is 10.1 Å². The number of benzene rings is 1. The van der Waals surface area contributed by atoms with Crippen LogP contribution in [0.4, 0.5) is 0 Å². The van der Waals surface area contributed by atoms with Crippen molar-refractivity contribution in [1.82, 2.24) is 15.1 Å². The van der Waals surface area contributed by atoms with Crippen molar-refractivity contribution < 1.29 is 9.53 Å². The number of carbonyl (C=O) groups is 1. The predicted octanol–water partition coefficient (Wildman–Crippen LogP) is 1.98. The van der Waals surface area contributed by atoms with Crippen LogP contribution in [0.3, 0.4) is 0 Å². The fourth-order valence-electron chi connectivity index (χ4n) is 2.64. The zero-order valence-electron chi connectivity index (χ0n) is 12.4. The van der Waals surface area contributed by atoms with Crippen LogP contribution in [-0.4, -0.2) is 28.8 Å². The molecule has 3 rings (SSSR count). The highest BCUT2D eigenvalue weighted by Crippen LogP contribution is 2.29. The fraction of sp³-hybridized carbons (Fsp3) is 0.375. The number of ether oxygens (including phenoxy) is 1. The minimum Gasteiger partial charge on any atom is -0.492 e. The maximum atomic E-state index is 12.3. The molecule has 0 saturated heterocycles. The Morgan fingerprint density at radius 3 is 3.14 bits per heavy atom. The third-order valence-corrected chi connectivity index (χ3v) is 4.14. The highest BCUT2D eigenvalue weighted by atomic mass is 35.5. The first-order chi connectivity index (χ1) is 10.6. The van der Waals surface area contributed by atoms with Crippen molar-refractivity contribution in [3.63, 3.8) is 0 Å². The minimum absolute atomic E-state index is 0.0211. The summed E-state index contributed by atoms with van der Waals surface area (Å²) in [6.07, 6.45) is 3.18. The lowest BCUT2D eigenvalue weighted by Crippen LogP contribution is -2.38. The molecule has 0 aliphatic carbocycles. The molecule has 1 aromatic heterocycles. The van der Waals surface area contributed by atoms with Crippen molar-refractivity contribution in [2.75, 3.05) is 13.2 Å². The van der Waals surface area contributed by atoms with E-state index in [9.17, 15) is 4.79 Å². The molecule has 1 aliphatic rings. The summed E-state index contributed by atoms with van der Waals surface area (Å²) in [4.78, 5) is 12.3. The van der Waals surface area contributed by atoms with Gasteiger partial charge in [-0.05, 0) is 36.2 Å². The largest absolute Gasteiger partial charge is 0.492 e. The van der Waals surface area contributed by atoms with Crippen LogP contribution in [0, 0.1) is 5.92 Å². The summed E-state index contributed by atoms with van der Waals surface area (Å²) < 4.78 is 7.46. The van der Waals surface area contributed by atoms with E-state index in [0.29, 0.717) is 24.6 Å². The van der Waals surface area contributed by atoms with Crippen LogP contribution in [0.2, 0.25) is 5.02 Å². The number of rotatable bonds is 4. The van der Waals surface area contributed by atoms with E-state index >= 15 is 0 Å². The molecule has 1 atom stereocenters. The molecule has 0 saturated carbocycles. The normalized spacial score (nSPS) is 16.7. The van der Waals surface area contributed by atoms with Gasteiger partial charge in [0.05, 0.1) is 5.92 Å². The third-order valence-electron chi connectivity index (χ3n) is 3.90. The Kier molecular flexibility index (Phi) is 4.34. The summed E-state index contributed by atoms with van der Waals surface area (Å²) in [5.74, 6) is 0.675. The van der Waals surface area contributed by atoms with Crippen molar-refractivity contribution in [1.29, 1.82) is 0 Å². The van der Waals surface area contributed by atoms with Gasteiger partial charge in [-0.1, -0.05) is 11.6 Å². The molecular formula is C16H18ClN3O2. The summed E-state index contributed by atoms with van der Waals surface area (Å²) >= 11 is 6.00. The molecule has 5 nitrogen and oxygen atoms in total. The fourth-order valence-corrected chi connectivity index (χ4v) is 2.83. The lowest BCUT2D eigenvalue weighted by molar-refractivity contribution is -0.126. The van der Waals surface area contributed by atoms with Gasteiger partial charge in [0, 0.05) is 36.9 Å². The maximum Gasteiger partial charge on any atom is 0.226 e. The smallest absolute Gasteiger partial charge is 0.226 e. The second-order valence-electron chi connectivity index (χ2n) is 5.45. The van der Waals surface area contributed by atoms with E-state index in [0.717, 1.165) is 23.4 Å². The topological polar surface area (TPSA) is 56.2 Å². The van der Waals surface area contributed by atoms with Crippen LogP contribution in [0.25, 0.3) is 0 Å². The van der Waals surface area contributed by atoms with Crippen molar-refractivity contribution in [2.45, 2.75) is 12.8 Å². The number of carbonyl (C=O) groups excluding carboxylic acids is 1. The Balaban J connectivity index is 1.54. The minimum atomic E-state index is -0.169. The van der Waals surface area contributed by atoms with Crippen LogP contribution < -0.4 is 10.1 Å². The van der Waals surface area contributed by atoms with E-state index in [4.69, 9.17) is 16.3 Å². The van der Waals surface area contributed by atoms with Crippen molar-refractivity contribution in [3.05, 3.63) is 46.7 Å². The van der Waals surface area contributed by atoms with Gasteiger partial charge in [0.2, 0.25) is 5.91 Å². The van der Waals surface area contributed by atoms with E-state index in [1.807, 2.05) is 29.9 Å². The molecule has 1 amide bonds. The predicted molar refractivity (Wildman–Crippen MR) is 84.1 cm³/mol. The zero-order chi connectivity index (χ0) is 15.5. The zero-order valence-corrected chi connectivity index (χ0v) is 13.1. The molecule has 22 heavy (non-hydrogen) atoms. The molecule has 1 N–H and O–H groups in total. The summed E-state index contributed by atoms with van der Waals surface area (Å²) in [6, 6.07) is 7.48. The molecule has 0 bridgehead atoms. The Morgan fingerprint density at radius 2 is 2.36 bits per heavy atom. The standard InChI is InChI=1S/C16H18ClN3O2/c1-20-14(5-7-19-20)4-6-18-16(21)12-8-11-9-13(17)2-3-15(11)22-10-12/h2-3,5,7,9,12H,4,6,8,10H2,1H3,(H,18,21)/t12-/m0/s1. The number of hydrogen-bond acceptors (Lipinski definition) is 3. The molecular weight excluding hydrogens is 302 g/mol. The molecule has 0 fully saturated rings. The summed E-state index contributed by atoms with van der Waals surface area (Å²) in [6.45, 7) is 1.00. The average molecular weight is 320 g/mol. The highest BCUT2D eigenvalue weighted by Gasteiger charge is 2.25. The van der Waals surface area contributed by atoms with E-state index < -0.39 is 0 Å². The summed E-state index contributed by atoms with van der Waals surface area (Å²) in [5.41, 5.74) is 2.09. The van der Waals surface area contributed by atoms with Crippen LogP contribution in [-0.2, 0) is 24.7 Å². The van der Waals surface area contributed by atoms with Gasteiger partial charge in [0.25, 0.3) is 0 Å². The monoisotopic (exact) mass is 319 g/mol. The Labute approximate surface area is 134 Å². The van der Waals surface area contributed by atoms with Gasteiger partial charge in [0.1, 0.15) is 12.4 Å². The van der Waals surface area contributed by atoms with Crippen LogP contribution in [0.5, 0.6) is 5.75 Å². The number of aryl methyl sites for hydroxylation is 1.